The van der Waals surface area contributed by atoms with E-state index in [2.05, 4.69) is 141 Å². The molecular formula is C61H35Cl10N27O8. The number of methoxy groups -OCH3 is 2. The Morgan fingerprint density at radius 1 is 0.387 bits per heavy atom. The molecule has 35 nitrogen and oxygen atoms in total. The molecule has 0 radical (unpaired) electrons. The van der Waals surface area contributed by atoms with Crippen molar-refractivity contribution in [1.82, 2.24) is 132 Å². The minimum Gasteiger partial charge on any atom is -0.492 e. The van der Waals surface area contributed by atoms with E-state index in [0.717, 1.165) is 33.4 Å². The zero-order valence-electron chi connectivity index (χ0n) is 52.8. The average molecular weight is 1630 g/mol. The third kappa shape index (κ3) is 15.4. The molecule has 0 unspecified atom stereocenters. The summed E-state index contributed by atoms with van der Waals surface area (Å²) in [6.45, 7) is 0.490. The van der Waals surface area contributed by atoms with E-state index in [1.807, 2.05) is 12.1 Å². The fraction of sp³-hybridized carbons (Fsp3) is 0.0656. The Labute approximate surface area is 640 Å². The summed E-state index contributed by atoms with van der Waals surface area (Å²) in [4.78, 5) is 68.7. The zero-order chi connectivity index (χ0) is 74.3. The normalized spacial score (nSPS) is 11.4. The first-order chi connectivity index (χ1) is 51.4. The summed E-state index contributed by atoms with van der Waals surface area (Å²) in [6, 6.07) is 22.5. The number of hydrogen-bond donors (Lipinski definition) is 6. The number of benzene rings is 5. The SMILES string of the molecule is COc1c(-c2ccc(Cl)c(Cl)c2)ncnc1-c1nn[nH]n1.COc1c(-c2ccc(Cl)c(Cl)c2)ncnc1-c1noc(=O)[nH]1.Clc1ccc2c(c1Cl)COc1c(-c3nn[nH]n3)ncnc1-2.Nc1c(-c2ccc(Cl)c(Cl)c2)ncnc1-c1nn[nH]n1.O=c1[nH]c(-c2ncnc3c2OCc2c-3ccc(Cl)c2Cl)no1. The molecule has 7 N–H and O–H groups in total. The maximum Gasteiger partial charge on any atom is 0.439 e. The molecule has 0 bridgehead atoms. The maximum absolute atomic E-state index is 11.1. The number of anilines is 1. The molecule has 532 valence electrons. The van der Waals surface area contributed by atoms with Gasteiger partial charge < -0.3 is 24.7 Å². The Morgan fingerprint density at radius 2 is 0.736 bits per heavy atom. The van der Waals surface area contributed by atoms with Crippen molar-refractivity contribution in [1.29, 1.82) is 0 Å². The molecule has 15 aromatic rings. The third-order valence-corrected chi connectivity index (χ3v) is 18.6. The van der Waals surface area contributed by atoms with E-state index in [1.54, 1.807) is 66.7 Å². The van der Waals surface area contributed by atoms with E-state index in [4.69, 9.17) is 141 Å². The van der Waals surface area contributed by atoms with E-state index >= 15 is 0 Å². The highest BCUT2D eigenvalue weighted by Gasteiger charge is 2.30. The van der Waals surface area contributed by atoms with Gasteiger partial charge in [-0.25, -0.2) is 59.4 Å². The molecule has 106 heavy (non-hydrogen) atoms. The van der Waals surface area contributed by atoms with Crippen molar-refractivity contribution in [3.05, 3.63) is 193 Å². The zero-order valence-corrected chi connectivity index (χ0v) is 60.4. The fourth-order valence-electron chi connectivity index (χ4n) is 9.99. The van der Waals surface area contributed by atoms with Crippen LogP contribution in [0.2, 0.25) is 50.2 Å². The van der Waals surface area contributed by atoms with Crippen LogP contribution in [0.15, 0.2) is 129 Å². The van der Waals surface area contributed by atoms with Crippen LogP contribution in [0, 0.1) is 0 Å². The number of H-pyrrole nitrogens is 5. The standard InChI is InChI=1S/C13H6Cl2N4O3.C13H8Cl2N4O3.C12H6Cl2N6O.C12H8Cl2N6O.C11H7Cl2N7/c14-7-2-1-5-6(8(7)15)3-21-11-9(5)16-4-17-10(11)12-18-13(20)22-19-12;1-21-11-9(6-2-3-7(14)8(15)4-6)16-5-17-10(11)12-18-13(20)22-19-12;13-7-2-1-5-6(8(7)14)3-21-11-9(5)15-4-16-10(11)12-17-19-20-18-12;1-21-11-9(6-2-3-7(13)8(14)4-6)15-5-16-10(11)12-17-19-20-18-12;12-6-2-1-5(3-7(6)13)9-8(14)10(16-4-15-9)11-17-19-20-18-11/h1-2,4H,3H2,(H,18,19,20);2-5H,1H3,(H,18,19,20);1-2,4H,3H2,(H,17,18,19,20);2-5H,1H3,(H,17,18,19,20);1-4H,14H2,(H,17,18,19,20). The minimum atomic E-state index is -0.688. The van der Waals surface area contributed by atoms with Crippen molar-refractivity contribution in [2.45, 2.75) is 13.2 Å². The molecule has 0 saturated carbocycles. The van der Waals surface area contributed by atoms with Gasteiger partial charge in [0, 0.05) is 38.9 Å². The quantitative estimate of drug-likeness (QED) is 0.0740. The number of tetrazole rings is 3. The van der Waals surface area contributed by atoms with E-state index in [1.165, 1.54) is 45.9 Å². The van der Waals surface area contributed by atoms with Crippen molar-refractivity contribution < 1.29 is 28.0 Å². The Morgan fingerprint density at radius 3 is 1.16 bits per heavy atom. The van der Waals surface area contributed by atoms with Crippen LogP contribution in [0.5, 0.6) is 23.0 Å². The molecule has 0 aliphatic carbocycles. The van der Waals surface area contributed by atoms with Crippen LogP contribution in [0.25, 0.3) is 114 Å². The van der Waals surface area contributed by atoms with E-state index in [0.29, 0.717) is 159 Å². The molecule has 0 amide bonds. The highest BCUT2D eigenvalue weighted by Crippen LogP contribution is 2.47. The predicted molar refractivity (Wildman–Crippen MR) is 385 cm³/mol. The molecule has 45 heteroatoms. The van der Waals surface area contributed by atoms with Gasteiger partial charge in [-0.1, -0.05) is 157 Å². The lowest BCUT2D eigenvalue weighted by atomic mass is 10.0. The Kier molecular flexibility index (Phi) is 22.2. The predicted octanol–water partition coefficient (Wildman–Crippen LogP) is 12.9. The Bertz CT molecular complexity index is 5710. The summed E-state index contributed by atoms with van der Waals surface area (Å²) < 4.78 is 31.2. The second-order valence-electron chi connectivity index (χ2n) is 20.8. The topological polar surface area (TPSA) is 473 Å². The Hall–Kier alpha value is -11.5. The summed E-state index contributed by atoms with van der Waals surface area (Å²) in [5.41, 5.74) is 16.5. The van der Waals surface area contributed by atoms with E-state index in [-0.39, 0.29) is 24.9 Å². The van der Waals surface area contributed by atoms with Crippen molar-refractivity contribution in [3.63, 3.8) is 0 Å². The molecule has 2 aliphatic heterocycles. The van der Waals surface area contributed by atoms with Gasteiger partial charge in [-0.15, -0.1) is 30.6 Å². The number of nitrogens with two attached hydrogens (primary N) is 1. The molecule has 0 atom stereocenters. The van der Waals surface area contributed by atoms with Gasteiger partial charge in [0.1, 0.15) is 73.3 Å². The van der Waals surface area contributed by atoms with Crippen LogP contribution in [0.1, 0.15) is 11.1 Å². The van der Waals surface area contributed by atoms with Gasteiger partial charge in [0.05, 0.1) is 75.8 Å². The molecule has 5 aromatic carbocycles. The average Bonchev–Trinajstić information content (AvgIpc) is 0.985. The number of nitrogens with one attached hydrogen (secondary N) is 5. The number of nitrogen functional groups attached to an aromatic ring is 1. The largest absolute Gasteiger partial charge is 0.492 e. The molecular weight excluding hydrogens is 1590 g/mol. The highest BCUT2D eigenvalue weighted by molar-refractivity contribution is 6.44. The first-order valence-electron chi connectivity index (χ1n) is 29.4. The molecule has 12 heterocycles. The molecule has 0 fully saturated rings. The van der Waals surface area contributed by atoms with Crippen molar-refractivity contribution in [2.24, 2.45) is 0 Å². The second kappa shape index (κ2) is 32.2. The smallest absolute Gasteiger partial charge is 0.439 e. The van der Waals surface area contributed by atoms with Crippen LogP contribution in [0.4, 0.5) is 5.69 Å². The van der Waals surface area contributed by atoms with Gasteiger partial charge >= 0.3 is 11.5 Å². The second-order valence-corrected chi connectivity index (χ2v) is 24.8. The monoisotopic (exact) mass is 1620 g/mol. The van der Waals surface area contributed by atoms with Crippen LogP contribution < -0.4 is 36.2 Å². The minimum absolute atomic E-state index is 0.144. The number of aromatic nitrogens is 26. The third-order valence-electron chi connectivity index (χ3n) is 14.7. The van der Waals surface area contributed by atoms with Gasteiger partial charge in [-0.3, -0.25) is 19.0 Å². The molecule has 0 spiro atoms. The van der Waals surface area contributed by atoms with Gasteiger partial charge in [-0.05, 0) is 64.2 Å². The number of fused-ring (bicyclic) bond motifs is 6. The Balaban J connectivity index is 0.000000117. The molecule has 10 aromatic heterocycles. The number of rotatable bonds is 10. The van der Waals surface area contributed by atoms with Crippen molar-refractivity contribution >= 4 is 122 Å². The van der Waals surface area contributed by atoms with Crippen molar-refractivity contribution in [2.75, 3.05) is 20.0 Å². The first kappa shape index (κ1) is 72.8. The number of hydrogen-bond acceptors (Lipinski definition) is 30. The number of ether oxygens (including phenoxy) is 4. The van der Waals surface area contributed by atoms with Crippen LogP contribution in [0.3, 0.4) is 0 Å². The van der Waals surface area contributed by atoms with E-state index in [9.17, 15) is 9.59 Å². The summed E-state index contributed by atoms with van der Waals surface area (Å²) in [5.74, 6) is 1.57. The molecule has 17 rings (SSSR count). The maximum atomic E-state index is 11.1. The summed E-state index contributed by atoms with van der Waals surface area (Å²) in [5, 5.41) is 52.6. The molecule has 2 aliphatic rings. The van der Waals surface area contributed by atoms with Gasteiger partial charge in [0.2, 0.25) is 29.1 Å². The number of halogens is 10. The van der Waals surface area contributed by atoms with Gasteiger partial charge in [-0.2, -0.15) is 15.6 Å². The van der Waals surface area contributed by atoms with Crippen LogP contribution in [-0.4, -0.2) is 146 Å². The summed E-state index contributed by atoms with van der Waals surface area (Å²) >= 11 is 60.3. The highest BCUT2D eigenvalue weighted by atomic mass is 35.5. The fourth-order valence-corrected chi connectivity index (χ4v) is 11.7. The lowest BCUT2D eigenvalue weighted by Gasteiger charge is -2.22. The summed E-state index contributed by atoms with van der Waals surface area (Å²) in [7, 11) is 2.98. The van der Waals surface area contributed by atoms with Crippen LogP contribution >= 0.6 is 116 Å². The first-order valence-corrected chi connectivity index (χ1v) is 33.1. The number of nitrogens with zero attached hydrogens (tertiary/aromatic N) is 21. The summed E-state index contributed by atoms with van der Waals surface area (Å²) in [6.07, 6.45) is 6.86. The molecule has 0 saturated heterocycles. The number of aromatic amines is 5. The lowest BCUT2D eigenvalue weighted by molar-refractivity contribution is 0.300. The lowest BCUT2D eigenvalue weighted by Crippen LogP contribution is -2.10. The van der Waals surface area contributed by atoms with Crippen molar-refractivity contribution in [3.8, 4) is 137 Å². The van der Waals surface area contributed by atoms with Gasteiger partial charge in [0.15, 0.2) is 45.8 Å². The van der Waals surface area contributed by atoms with E-state index < -0.39 is 11.5 Å². The van der Waals surface area contributed by atoms with Crippen LogP contribution in [-0.2, 0) is 13.2 Å². The van der Waals surface area contributed by atoms with Gasteiger partial charge in [0.25, 0.3) is 0 Å².